The lowest BCUT2D eigenvalue weighted by Crippen LogP contribution is -2.04. The summed E-state index contributed by atoms with van der Waals surface area (Å²) in [6, 6.07) is 9.51. The van der Waals surface area contributed by atoms with Crippen LogP contribution >= 0.6 is 0 Å². The molecule has 1 aromatic carbocycles. The molecule has 1 heterocycles. The lowest BCUT2D eigenvalue weighted by molar-refractivity contribution is 0.633. The third kappa shape index (κ3) is 1.99. The highest BCUT2D eigenvalue weighted by Gasteiger charge is 2.01. The Labute approximate surface area is 87.0 Å². The minimum absolute atomic E-state index is 0.592. The standard InChI is InChI=1S/C10H9N5/c1-8-12-13-14-15(8)7-10-4-2-3-9(5-10)6-11/h2-5H,7H2,1H3. The second kappa shape index (κ2) is 3.88. The molecule has 5 heteroatoms. The van der Waals surface area contributed by atoms with Crippen LogP contribution in [0.25, 0.3) is 0 Å². The Morgan fingerprint density at radius 1 is 1.47 bits per heavy atom. The van der Waals surface area contributed by atoms with Gasteiger partial charge in [-0.2, -0.15) is 5.26 Å². The molecule has 15 heavy (non-hydrogen) atoms. The van der Waals surface area contributed by atoms with Gasteiger partial charge in [-0.15, -0.1) is 5.10 Å². The summed E-state index contributed by atoms with van der Waals surface area (Å²) in [5, 5.41) is 19.9. The quantitative estimate of drug-likeness (QED) is 0.720. The van der Waals surface area contributed by atoms with Crippen LogP contribution in [0.15, 0.2) is 24.3 Å². The van der Waals surface area contributed by atoms with Crippen molar-refractivity contribution < 1.29 is 0 Å². The number of aromatic nitrogens is 4. The van der Waals surface area contributed by atoms with Crippen LogP contribution < -0.4 is 0 Å². The maximum Gasteiger partial charge on any atom is 0.148 e. The van der Waals surface area contributed by atoms with Gasteiger partial charge in [0.15, 0.2) is 0 Å². The molecule has 0 radical (unpaired) electrons. The van der Waals surface area contributed by atoms with Crippen molar-refractivity contribution in [2.75, 3.05) is 0 Å². The van der Waals surface area contributed by atoms with E-state index in [4.69, 9.17) is 5.26 Å². The van der Waals surface area contributed by atoms with Gasteiger partial charge in [-0.05, 0) is 35.0 Å². The highest BCUT2D eigenvalue weighted by atomic mass is 15.5. The molecule has 0 unspecified atom stereocenters. The number of nitrogens with zero attached hydrogens (tertiary/aromatic N) is 5. The van der Waals surface area contributed by atoms with E-state index in [9.17, 15) is 0 Å². The third-order valence-electron chi connectivity index (χ3n) is 2.10. The molecule has 0 spiro atoms. The van der Waals surface area contributed by atoms with E-state index in [0.29, 0.717) is 12.1 Å². The van der Waals surface area contributed by atoms with Gasteiger partial charge in [0.2, 0.25) is 0 Å². The first-order valence-electron chi connectivity index (χ1n) is 4.51. The average Bonchev–Trinajstić information content (AvgIpc) is 2.65. The molecule has 5 nitrogen and oxygen atoms in total. The molecule has 0 aliphatic heterocycles. The lowest BCUT2D eigenvalue weighted by Gasteiger charge is -2.01. The van der Waals surface area contributed by atoms with Crippen molar-refractivity contribution >= 4 is 0 Å². The fourth-order valence-electron chi connectivity index (χ4n) is 1.31. The van der Waals surface area contributed by atoms with Crippen LogP contribution in [0, 0.1) is 18.3 Å². The van der Waals surface area contributed by atoms with E-state index < -0.39 is 0 Å². The Hall–Kier alpha value is -2.22. The topological polar surface area (TPSA) is 67.4 Å². The molecule has 0 aliphatic carbocycles. The molecule has 0 saturated carbocycles. The molecule has 0 N–H and O–H groups in total. The first kappa shape index (κ1) is 9.34. The van der Waals surface area contributed by atoms with Crippen LogP contribution in [0.3, 0.4) is 0 Å². The average molecular weight is 199 g/mol. The van der Waals surface area contributed by atoms with E-state index in [0.717, 1.165) is 11.4 Å². The van der Waals surface area contributed by atoms with E-state index in [1.54, 1.807) is 10.7 Å². The Morgan fingerprint density at radius 2 is 2.33 bits per heavy atom. The maximum absolute atomic E-state index is 8.75. The van der Waals surface area contributed by atoms with Crippen LogP contribution in [0.2, 0.25) is 0 Å². The zero-order valence-electron chi connectivity index (χ0n) is 8.25. The molecular weight excluding hydrogens is 190 g/mol. The second-order valence-corrected chi connectivity index (χ2v) is 3.20. The number of benzene rings is 1. The Morgan fingerprint density at radius 3 is 3.00 bits per heavy atom. The van der Waals surface area contributed by atoms with Crippen molar-refractivity contribution in [1.82, 2.24) is 20.2 Å². The highest BCUT2D eigenvalue weighted by Crippen LogP contribution is 2.06. The number of nitriles is 1. The molecule has 0 amide bonds. The Bertz CT molecular complexity index is 509. The summed E-state index contributed by atoms with van der Waals surface area (Å²) in [5.74, 6) is 0.761. The Balaban J connectivity index is 2.25. The molecule has 0 saturated heterocycles. The zero-order valence-corrected chi connectivity index (χ0v) is 8.25. The van der Waals surface area contributed by atoms with Crippen molar-refractivity contribution in [2.24, 2.45) is 0 Å². The van der Waals surface area contributed by atoms with Crippen molar-refractivity contribution in [3.63, 3.8) is 0 Å². The molecule has 1 aromatic heterocycles. The monoisotopic (exact) mass is 199 g/mol. The summed E-state index contributed by atoms with van der Waals surface area (Å²) in [5.41, 5.74) is 1.67. The minimum atomic E-state index is 0.592. The van der Waals surface area contributed by atoms with Crippen molar-refractivity contribution in [1.29, 1.82) is 5.26 Å². The number of tetrazole rings is 1. The molecule has 0 aliphatic rings. The summed E-state index contributed by atoms with van der Waals surface area (Å²) in [7, 11) is 0. The molecular formula is C10H9N5. The summed E-state index contributed by atoms with van der Waals surface area (Å²) in [6.07, 6.45) is 0. The van der Waals surface area contributed by atoms with Gasteiger partial charge in [0.25, 0.3) is 0 Å². The molecule has 2 rings (SSSR count). The van der Waals surface area contributed by atoms with Gasteiger partial charge in [-0.1, -0.05) is 12.1 Å². The van der Waals surface area contributed by atoms with Gasteiger partial charge in [0.05, 0.1) is 18.2 Å². The molecule has 0 atom stereocenters. The number of rotatable bonds is 2. The molecule has 0 bridgehead atoms. The number of hydrogen-bond acceptors (Lipinski definition) is 4. The lowest BCUT2D eigenvalue weighted by atomic mass is 10.1. The minimum Gasteiger partial charge on any atom is -0.225 e. The molecule has 0 fully saturated rings. The number of aryl methyl sites for hydroxylation is 1. The predicted molar refractivity (Wildman–Crippen MR) is 52.8 cm³/mol. The Kier molecular flexibility index (Phi) is 2.42. The van der Waals surface area contributed by atoms with E-state index in [-0.39, 0.29) is 0 Å². The molecule has 2 aromatic rings. The summed E-state index contributed by atoms with van der Waals surface area (Å²) in [6.45, 7) is 2.43. The first-order valence-corrected chi connectivity index (χ1v) is 4.51. The number of hydrogen-bond donors (Lipinski definition) is 0. The first-order chi connectivity index (χ1) is 7.29. The van der Waals surface area contributed by atoms with Crippen LogP contribution in [0.1, 0.15) is 17.0 Å². The third-order valence-corrected chi connectivity index (χ3v) is 2.10. The largest absolute Gasteiger partial charge is 0.225 e. The van der Waals surface area contributed by atoms with Crippen LogP contribution in [0.5, 0.6) is 0 Å². The van der Waals surface area contributed by atoms with Crippen molar-refractivity contribution in [2.45, 2.75) is 13.5 Å². The summed E-state index contributed by atoms with van der Waals surface area (Å²) < 4.78 is 1.69. The second-order valence-electron chi connectivity index (χ2n) is 3.20. The smallest absolute Gasteiger partial charge is 0.148 e. The van der Waals surface area contributed by atoms with Gasteiger partial charge >= 0.3 is 0 Å². The van der Waals surface area contributed by atoms with Gasteiger partial charge in [-0.3, -0.25) is 0 Å². The SMILES string of the molecule is Cc1nnnn1Cc1cccc(C#N)c1. The van der Waals surface area contributed by atoms with Crippen LogP contribution in [-0.4, -0.2) is 20.2 Å². The van der Waals surface area contributed by atoms with Crippen LogP contribution in [-0.2, 0) is 6.54 Å². The van der Waals surface area contributed by atoms with Crippen LogP contribution in [0.4, 0.5) is 0 Å². The van der Waals surface area contributed by atoms with Gasteiger partial charge in [0, 0.05) is 0 Å². The van der Waals surface area contributed by atoms with E-state index >= 15 is 0 Å². The highest BCUT2D eigenvalue weighted by molar-refractivity contribution is 5.32. The normalized spacial score (nSPS) is 9.87. The van der Waals surface area contributed by atoms with Crippen molar-refractivity contribution in [3.8, 4) is 6.07 Å². The summed E-state index contributed by atoms with van der Waals surface area (Å²) >= 11 is 0. The fourth-order valence-corrected chi connectivity index (χ4v) is 1.31. The van der Waals surface area contributed by atoms with E-state index in [1.807, 2.05) is 25.1 Å². The van der Waals surface area contributed by atoms with E-state index in [1.165, 1.54) is 0 Å². The predicted octanol–water partition coefficient (Wildman–Crippen LogP) is 0.901. The van der Waals surface area contributed by atoms with Gasteiger partial charge in [-0.25, -0.2) is 4.68 Å². The fraction of sp³-hybridized carbons (Fsp3) is 0.200. The van der Waals surface area contributed by atoms with E-state index in [2.05, 4.69) is 21.6 Å². The van der Waals surface area contributed by atoms with Gasteiger partial charge in [0.1, 0.15) is 5.82 Å². The van der Waals surface area contributed by atoms with Crippen molar-refractivity contribution in [3.05, 3.63) is 41.2 Å². The van der Waals surface area contributed by atoms with Gasteiger partial charge < -0.3 is 0 Å². The molecule has 74 valence electrons. The summed E-state index contributed by atoms with van der Waals surface area (Å²) in [4.78, 5) is 0. The maximum atomic E-state index is 8.75. The zero-order chi connectivity index (χ0) is 10.7.